The molecule has 1 aromatic rings. The van der Waals surface area contributed by atoms with Gasteiger partial charge in [0.05, 0.1) is 0 Å². The molecule has 108 valence electrons. The summed E-state index contributed by atoms with van der Waals surface area (Å²) in [5.41, 5.74) is 0. The molecule has 4 nitrogen and oxygen atoms in total. The highest BCUT2D eigenvalue weighted by Crippen LogP contribution is 2.22. The maximum atomic E-state index is 4.52. The second-order valence-corrected chi connectivity index (χ2v) is 6.42. The third-order valence-corrected chi connectivity index (χ3v) is 4.85. The molecule has 2 heterocycles. The summed E-state index contributed by atoms with van der Waals surface area (Å²) >= 11 is 1.82. The first-order chi connectivity index (χ1) is 9.22. The van der Waals surface area contributed by atoms with Gasteiger partial charge in [-0.25, -0.2) is 4.98 Å². The van der Waals surface area contributed by atoms with E-state index in [1.54, 1.807) is 0 Å². The van der Waals surface area contributed by atoms with Crippen LogP contribution in [0.4, 0.5) is 5.13 Å². The molecule has 0 spiro atoms. The van der Waals surface area contributed by atoms with E-state index in [2.05, 4.69) is 41.0 Å². The van der Waals surface area contributed by atoms with E-state index >= 15 is 0 Å². The normalized spacial score (nSPS) is 20.1. The van der Waals surface area contributed by atoms with E-state index in [1.807, 2.05) is 17.5 Å². The van der Waals surface area contributed by atoms with Crippen molar-refractivity contribution >= 4 is 16.5 Å². The van der Waals surface area contributed by atoms with Crippen molar-refractivity contribution in [3.63, 3.8) is 0 Å². The molecule has 1 atom stereocenters. The fourth-order valence-electron chi connectivity index (χ4n) is 2.61. The lowest BCUT2D eigenvalue weighted by Gasteiger charge is -2.16. The van der Waals surface area contributed by atoms with Crippen molar-refractivity contribution in [2.75, 3.05) is 44.7 Å². The van der Waals surface area contributed by atoms with Crippen LogP contribution in [0.2, 0.25) is 0 Å². The van der Waals surface area contributed by atoms with Crippen LogP contribution in [-0.4, -0.2) is 49.7 Å². The molecular weight excluding hydrogens is 256 g/mol. The summed E-state index contributed by atoms with van der Waals surface area (Å²) in [4.78, 5) is 10.6. The predicted octanol–water partition coefficient (Wildman–Crippen LogP) is 2.03. The van der Waals surface area contributed by atoms with Gasteiger partial charge >= 0.3 is 0 Å². The van der Waals surface area contributed by atoms with Crippen molar-refractivity contribution in [3.8, 4) is 0 Å². The highest BCUT2D eigenvalue weighted by Gasteiger charge is 2.18. The molecule has 1 unspecified atom stereocenters. The third-order valence-electron chi connectivity index (χ3n) is 3.80. The van der Waals surface area contributed by atoms with Crippen molar-refractivity contribution in [1.29, 1.82) is 0 Å². The van der Waals surface area contributed by atoms with E-state index in [0.29, 0.717) is 0 Å². The lowest BCUT2D eigenvalue weighted by molar-refractivity contribution is 0.388. The second-order valence-electron chi connectivity index (χ2n) is 5.33. The quantitative estimate of drug-likeness (QED) is 0.829. The molecule has 0 amide bonds. The minimum Gasteiger partial charge on any atom is -0.349 e. The molecule has 0 aromatic carbocycles. The fraction of sp³-hybridized carbons (Fsp3) is 0.786. The van der Waals surface area contributed by atoms with E-state index in [0.717, 1.165) is 37.2 Å². The average molecular weight is 282 g/mol. The number of rotatable bonds is 7. The lowest BCUT2D eigenvalue weighted by atomic mass is 10.1. The summed E-state index contributed by atoms with van der Waals surface area (Å²) < 4.78 is 0. The van der Waals surface area contributed by atoms with Crippen molar-refractivity contribution in [1.82, 2.24) is 15.2 Å². The smallest absolute Gasteiger partial charge is 0.185 e. The number of anilines is 1. The Balaban J connectivity index is 1.74. The van der Waals surface area contributed by atoms with Gasteiger partial charge in [0.2, 0.25) is 0 Å². The van der Waals surface area contributed by atoms with Gasteiger partial charge in [0.25, 0.3) is 0 Å². The Bertz CT molecular complexity index is 375. The highest BCUT2D eigenvalue weighted by atomic mass is 32.1. The van der Waals surface area contributed by atoms with Crippen molar-refractivity contribution < 1.29 is 0 Å². The minimum atomic E-state index is 0.820. The van der Waals surface area contributed by atoms with Crippen molar-refractivity contribution in [3.05, 3.63) is 11.1 Å². The van der Waals surface area contributed by atoms with Crippen LogP contribution in [0.3, 0.4) is 0 Å². The number of thiazole rings is 1. The Morgan fingerprint density at radius 2 is 2.26 bits per heavy atom. The van der Waals surface area contributed by atoms with Crippen LogP contribution in [0.25, 0.3) is 0 Å². The van der Waals surface area contributed by atoms with E-state index in [9.17, 15) is 0 Å². The minimum absolute atomic E-state index is 0.820. The molecule has 5 heteroatoms. The number of hydrogen-bond donors (Lipinski definition) is 1. The second kappa shape index (κ2) is 7.22. The summed E-state index contributed by atoms with van der Waals surface area (Å²) in [6.07, 6.45) is 3.35. The third kappa shape index (κ3) is 4.16. The zero-order chi connectivity index (χ0) is 13.7. The lowest BCUT2D eigenvalue weighted by Crippen LogP contribution is -2.24. The number of hydrogen-bond acceptors (Lipinski definition) is 5. The van der Waals surface area contributed by atoms with Gasteiger partial charge in [-0.15, -0.1) is 11.3 Å². The summed E-state index contributed by atoms with van der Waals surface area (Å²) in [5, 5.41) is 4.73. The van der Waals surface area contributed by atoms with Gasteiger partial charge in [0.1, 0.15) is 0 Å². The van der Waals surface area contributed by atoms with E-state index in [1.165, 1.54) is 24.4 Å². The number of likely N-dealkylation sites (tertiary alicyclic amines) is 1. The van der Waals surface area contributed by atoms with Crippen LogP contribution < -0.4 is 10.2 Å². The molecule has 1 N–H and O–H groups in total. The Morgan fingerprint density at radius 3 is 2.89 bits per heavy atom. The first-order valence-corrected chi connectivity index (χ1v) is 8.13. The topological polar surface area (TPSA) is 31.4 Å². The Kier molecular flexibility index (Phi) is 5.60. The van der Waals surface area contributed by atoms with Gasteiger partial charge in [-0.1, -0.05) is 0 Å². The molecule has 1 fully saturated rings. The average Bonchev–Trinajstić information content (AvgIpc) is 3.01. The molecule has 1 aliphatic heterocycles. The van der Waals surface area contributed by atoms with Crippen LogP contribution >= 0.6 is 11.3 Å². The zero-order valence-electron chi connectivity index (χ0n) is 12.4. The SMILES string of the molecule is CCN(CC)c1ncc(CNCC2CCN(C)C2)s1. The van der Waals surface area contributed by atoms with Crippen LogP contribution in [0.5, 0.6) is 0 Å². The number of nitrogens with zero attached hydrogens (tertiary/aromatic N) is 3. The molecule has 2 rings (SSSR count). The molecule has 1 saturated heterocycles. The molecular formula is C14H26N4S. The van der Waals surface area contributed by atoms with E-state index < -0.39 is 0 Å². The molecule has 1 aromatic heterocycles. The maximum absolute atomic E-state index is 4.52. The summed E-state index contributed by atoms with van der Waals surface area (Å²) in [6, 6.07) is 0. The van der Waals surface area contributed by atoms with Crippen molar-refractivity contribution in [2.45, 2.75) is 26.8 Å². The van der Waals surface area contributed by atoms with Gasteiger partial charge in [-0.3, -0.25) is 0 Å². The first-order valence-electron chi connectivity index (χ1n) is 7.31. The molecule has 19 heavy (non-hydrogen) atoms. The molecule has 0 saturated carbocycles. The number of aromatic nitrogens is 1. The predicted molar refractivity (Wildman–Crippen MR) is 83.0 cm³/mol. The van der Waals surface area contributed by atoms with Crippen LogP contribution in [-0.2, 0) is 6.54 Å². The van der Waals surface area contributed by atoms with Crippen molar-refractivity contribution in [2.24, 2.45) is 5.92 Å². The van der Waals surface area contributed by atoms with Crippen LogP contribution in [0.15, 0.2) is 6.20 Å². The molecule has 0 bridgehead atoms. The summed E-state index contributed by atoms with van der Waals surface area (Å²) in [5.74, 6) is 0.820. The van der Waals surface area contributed by atoms with Gasteiger partial charge in [0, 0.05) is 37.3 Å². The number of nitrogens with one attached hydrogen (secondary N) is 1. The van der Waals surface area contributed by atoms with Crippen LogP contribution in [0.1, 0.15) is 25.1 Å². The summed E-state index contributed by atoms with van der Waals surface area (Å²) in [6.45, 7) is 11.0. The Hall–Kier alpha value is -0.650. The largest absolute Gasteiger partial charge is 0.349 e. The van der Waals surface area contributed by atoms with Gasteiger partial charge in [-0.05, 0) is 46.3 Å². The molecule has 0 aliphatic carbocycles. The highest BCUT2D eigenvalue weighted by molar-refractivity contribution is 7.15. The zero-order valence-corrected chi connectivity index (χ0v) is 13.2. The molecule has 0 radical (unpaired) electrons. The van der Waals surface area contributed by atoms with E-state index in [-0.39, 0.29) is 0 Å². The fourth-order valence-corrected chi connectivity index (χ4v) is 3.62. The Labute approximate surface area is 120 Å². The Morgan fingerprint density at radius 1 is 1.47 bits per heavy atom. The first kappa shape index (κ1) is 14.8. The maximum Gasteiger partial charge on any atom is 0.185 e. The molecule has 1 aliphatic rings. The standard InChI is InChI=1S/C14H26N4S/c1-4-18(5-2)14-16-10-13(19-14)9-15-8-12-6-7-17(3)11-12/h10,12,15H,4-9,11H2,1-3H3. The van der Waals surface area contributed by atoms with E-state index in [4.69, 9.17) is 0 Å². The van der Waals surface area contributed by atoms with Crippen LogP contribution in [0, 0.1) is 5.92 Å². The summed E-state index contributed by atoms with van der Waals surface area (Å²) in [7, 11) is 2.21. The monoisotopic (exact) mass is 282 g/mol. The van der Waals surface area contributed by atoms with Gasteiger partial charge < -0.3 is 15.1 Å². The van der Waals surface area contributed by atoms with Gasteiger partial charge in [0.15, 0.2) is 5.13 Å². The van der Waals surface area contributed by atoms with Gasteiger partial charge in [-0.2, -0.15) is 0 Å².